The van der Waals surface area contributed by atoms with Crippen LogP contribution in [0.5, 0.6) is 0 Å². The maximum atomic E-state index is 13.4. The monoisotopic (exact) mass is 630 g/mol. The summed E-state index contributed by atoms with van der Waals surface area (Å²) in [6.07, 6.45) is 5.42. The molecule has 2 aromatic heterocycles. The number of fused-ring (bicyclic) bond motifs is 1. The van der Waals surface area contributed by atoms with Crippen molar-refractivity contribution in [3.8, 4) is 0 Å². The second-order valence-electron chi connectivity index (χ2n) is 8.52. The molecule has 0 aromatic carbocycles. The first kappa shape index (κ1) is 30.8. The van der Waals surface area contributed by atoms with E-state index in [1.54, 1.807) is 29.2 Å². The van der Waals surface area contributed by atoms with Gasteiger partial charge >= 0.3 is 11.9 Å². The Kier molecular flexibility index (Phi) is 10.4. The molecule has 0 spiro atoms. The molecule has 1 saturated heterocycles. The molecule has 0 saturated carbocycles. The third-order valence-corrected chi connectivity index (χ3v) is 8.53. The molecule has 4 heterocycles. The van der Waals surface area contributed by atoms with E-state index in [1.807, 2.05) is 12.1 Å². The Morgan fingerprint density at radius 2 is 2.19 bits per heavy atom. The van der Waals surface area contributed by atoms with Crippen LogP contribution in [-0.4, -0.2) is 74.4 Å². The lowest BCUT2D eigenvalue weighted by molar-refractivity contribution is -0.182. The number of carbonyl (C=O) groups excluding carboxylic acids is 4. The molecule has 0 aliphatic carbocycles. The summed E-state index contributed by atoms with van der Waals surface area (Å²) in [5.74, 6) is -2.39. The van der Waals surface area contributed by atoms with Gasteiger partial charge in [0.1, 0.15) is 29.4 Å². The highest BCUT2D eigenvalue weighted by Gasteiger charge is 2.55. The molecule has 220 valence electrons. The van der Waals surface area contributed by atoms with Gasteiger partial charge in [0, 0.05) is 42.3 Å². The molecule has 0 radical (unpaired) electrons. The van der Waals surface area contributed by atoms with Gasteiger partial charge in [0.15, 0.2) is 10.8 Å². The summed E-state index contributed by atoms with van der Waals surface area (Å²) in [4.78, 5) is 66.3. The fourth-order valence-electron chi connectivity index (χ4n) is 3.77. The number of ether oxygens (including phenoxy) is 2. The van der Waals surface area contributed by atoms with Crippen LogP contribution in [0.25, 0.3) is 6.08 Å². The summed E-state index contributed by atoms with van der Waals surface area (Å²) in [5.41, 5.74) is 6.58. The number of aromatic nitrogens is 2. The van der Waals surface area contributed by atoms with Crippen molar-refractivity contribution in [1.82, 2.24) is 20.2 Å². The standard InChI is InChI=1S/C26H26N6O7S3/c1-4-9-37-31-19(17-12-42-26(27)29-17)22(34)30-20-23(35)32-21(25(36)39-15(3)38-14(2)33)18(13-41-24(20)32)40-10-7-16-6-5-8-28-11-16/h4-8,10-12,15,20,24H,1,9,13H2,2-3H3,(H2,27,29)(H,30,34)/b10-7-,31-19+. The van der Waals surface area contributed by atoms with Gasteiger partial charge in [0.2, 0.25) is 6.29 Å². The van der Waals surface area contributed by atoms with Gasteiger partial charge < -0.3 is 25.4 Å². The maximum absolute atomic E-state index is 13.4. The van der Waals surface area contributed by atoms with E-state index in [9.17, 15) is 19.2 Å². The number of nitrogens with two attached hydrogens (primary N) is 1. The molecule has 2 aromatic rings. The zero-order chi connectivity index (χ0) is 30.2. The fourth-order valence-corrected chi connectivity index (χ4v) is 6.67. The average Bonchev–Trinajstić information content (AvgIpc) is 3.39. The molecule has 13 nitrogen and oxygen atoms in total. The van der Waals surface area contributed by atoms with Gasteiger partial charge in [-0.25, -0.2) is 9.78 Å². The highest BCUT2D eigenvalue weighted by Crippen LogP contribution is 2.44. The topological polar surface area (TPSA) is 175 Å². The molecule has 3 unspecified atom stereocenters. The van der Waals surface area contributed by atoms with Gasteiger partial charge in [-0.05, 0) is 23.1 Å². The van der Waals surface area contributed by atoms with Crippen LogP contribution in [0.2, 0.25) is 0 Å². The number of esters is 2. The quantitative estimate of drug-likeness (QED) is 0.0668. The van der Waals surface area contributed by atoms with Crippen LogP contribution < -0.4 is 11.1 Å². The largest absolute Gasteiger partial charge is 0.426 e. The first-order valence-electron chi connectivity index (χ1n) is 12.3. The Bertz CT molecular complexity index is 1460. The third kappa shape index (κ3) is 7.37. The van der Waals surface area contributed by atoms with Crippen LogP contribution in [0.15, 0.2) is 63.7 Å². The van der Waals surface area contributed by atoms with Crippen molar-refractivity contribution in [2.24, 2.45) is 5.16 Å². The number of nitrogens with zero attached hydrogens (tertiary/aromatic N) is 4. The molecule has 16 heteroatoms. The average molecular weight is 631 g/mol. The van der Waals surface area contributed by atoms with Gasteiger partial charge in [-0.3, -0.25) is 24.3 Å². The van der Waals surface area contributed by atoms with Crippen molar-refractivity contribution in [3.05, 3.63) is 69.8 Å². The van der Waals surface area contributed by atoms with Crippen LogP contribution in [0.1, 0.15) is 25.1 Å². The Morgan fingerprint density at radius 3 is 2.86 bits per heavy atom. The molecule has 1 fully saturated rings. The van der Waals surface area contributed by atoms with E-state index in [1.165, 1.54) is 48.3 Å². The summed E-state index contributed by atoms with van der Waals surface area (Å²) in [7, 11) is 0. The minimum absolute atomic E-state index is 0.00423. The van der Waals surface area contributed by atoms with Gasteiger partial charge in [-0.15, -0.1) is 23.1 Å². The zero-order valence-electron chi connectivity index (χ0n) is 22.4. The minimum atomic E-state index is -1.18. The van der Waals surface area contributed by atoms with Crippen molar-refractivity contribution in [2.75, 3.05) is 18.1 Å². The van der Waals surface area contributed by atoms with E-state index >= 15 is 0 Å². The molecule has 2 aliphatic heterocycles. The number of amides is 2. The minimum Gasteiger partial charge on any atom is -0.426 e. The van der Waals surface area contributed by atoms with E-state index in [4.69, 9.17) is 20.0 Å². The predicted octanol–water partition coefficient (Wildman–Crippen LogP) is 2.49. The second kappa shape index (κ2) is 14.2. The second-order valence-corrected chi connectivity index (χ2v) is 11.5. The van der Waals surface area contributed by atoms with Gasteiger partial charge in [0.05, 0.1) is 0 Å². The molecule has 2 aliphatic rings. The number of rotatable bonds is 12. The number of nitrogen functional groups attached to an aromatic ring is 1. The number of thioether (sulfide) groups is 2. The number of β-lactam (4-membered cyclic amide) rings is 1. The number of hydrogen-bond acceptors (Lipinski definition) is 14. The lowest BCUT2D eigenvalue weighted by Gasteiger charge is -2.49. The van der Waals surface area contributed by atoms with Crippen LogP contribution >= 0.6 is 34.9 Å². The lowest BCUT2D eigenvalue weighted by atomic mass is 10.0. The van der Waals surface area contributed by atoms with Crippen molar-refractivity contribution < 1.29 is 33.5 Å². The summed E-state index contributed by atoms with van der Waals surface area (Å²) in [6, 6.07) is 2.68. The van der Waals surface area contributed by atoms with Crippen molar-refractivity contribution in [1.29, 1.82) is 0 Å². The highest BCUT2D eigenvalue weighted by molar-refractivity contribution is 8.08. The Morgan fingerprint density at radius 1 is 1.38 bits per heavy atom. The molecular formula is C26H26N6O7S3. The predicted molar refractivity (Wildman–Crippen MR) is 159 cm³/mol. The SMILES string of the molecule is C=CCO/N=C(/C(=O)NC1C(=O)N2C(C(=O)OC(C)OC(C)=O)=C(S/C=C\c3cccnc3)CSC12)c1csc(N)n1. The van der Waals surface area contributed by atoms with E-state index in [0.717, 1.165) is 16.9 Å². The van der Waals surface area contributed by atoms with E-state index in [-0.39, 0.29) is 28.8 Å². The third-order valence-electron chi connectivity index (χ3n) is 5.50. The van der Waals surface area contributed by atoms with Crippen LogP contribution in [0.4, 0.5) is 5.13 Å². The highest BCUT2D eigenvalue weighted by atomic mass is 32.2. The van der Waals surface area contributed by atoms with E-state index in [2.05, 4.69) is 27.0 Å². The Balaban J connectivity index is 1.55. The normalized spacial score (nSPS) is 19.0. The molecule has 3 N–H and O–H groups in total. The van der Waals surface area contributed by atoms with Crippen molar-refractivity contribution >= 4 is 75.5 Å². The molecule has 2 amide bonds. The smallest absolute Gasteiger partial charge is 0.359 e. The molecule has 0 bridgehead atoms. The number of nitrogens with one attached hydrogen (secondary N) is 1. The number of thiazole rings is 1. The summed E-state index contributed by atoms with van der Waals surface area (Å²) in [5, 5.41) is 9.45. The van der Waals surface area contributed by atoms with Gasteiger partial charge in [0.25, 0.3) is 11.8 Å². The number of hydrogen-bond donors (Lipinski definition) is 2. The van der Waals surface area contributed by atoms with Crippen molar-refractivity contribution in [3.63, 3.8) is 0 Å². The lowest BCUT2D eigenvalue weighted by Crippen LogP contribution is -2.71. The molecule has 4 rings (SSSR count). The van der Waals surface area contributed by atoms with Gasteiger partial charge in [-0.1, -0.05) is 35.6 Å². The summed E-state index contributed by atoms with van der Waals surface area (Å²) in [6.45, 7) is 6.17. The first-order valence-corrected chi connectivity index (χ1v) is 15.1. The number of pyridine rings is 1. The molecule has 3 atom stereocenters. The number of carbonyl (C=O) groups is 4. The Hall–Kier alpha value is -4.15. The first-order chi connectivity index (χ1) is 20.2. The molecular weight excluding hydrogens is 605 g/mol. The maximum Gasteiger partial charge on any atom is 0.359 e. The van der Waals surface area contributed by atoms with Crippen LogP contribution in [-0.2, 0) is 33.5 Å². The van der Waals surface area contributed by atoms with E-state index < -0.39 is 41.5 Å². The number of oxime groups is 1. The van der Waals surface area contributed by atoms with Crippen LogP contribution in [0, 0.1) is 0 Å². The van der Waals surface area contributed by atoms with Crippen LogP contribution in [0.3, 0.4) is 0 Å². The van der Waals surface area contributed by atoms with Crippen molar-refractivity contribution in [2.45, 2.75) is 31.6 Å². The Labute approximate surface area is 253 Å². The van der Waals surface area contributed by atoms with E-state index in [0.29, 0.717) is 10.7 Å². The van der Waals surface area contributed by atoms with Gasteiger partial charge in [-0.2, -0.15) is 0 Å². The number of anilines is 1. The summed E-state index contributed by atoms with van der Waals surface area (Å²) >= 11 is 3.71. The fraction of sp³-hybridized carbons (Fsp3) is 0.269. The zero-order valence-corrected chi connectivity index (χ0v) is 24.9. The summed E-state index contributed by atoms with van der Waals surface area (Å²) < 4.78 is 10.3. The molecule has 42 heavy (non-hydrogen) atoms.